The lowest BCUT2D eigenvalue weighted by atomic mass is 10.1. The molecule has 0 saturated heterocycles. The van der Waals surface area contributed by atoms with Gasteiger partial charge in [-0.2, -0.15) is 13.2 Å². The molecule has 0 aromatic heterocycles. The van der Waals surface area contributed by atoms with E-state index < -0.39 is 11.7 Å². The molecule has 2 aromatic carbocycles. The topological polar surface area (TPSA) is 21.7 Å². The van der Waals surface area contributed by atoms with Crippen LogP contribution in [0, 0.1) is 0 Å². The van der Waals surface area contributed by atoms with Gasteiger partial charge in [-0.15, -0.1) is 0 Å². The number of alkyl halides is 3. The summed E-state index contributed by atoms with van der Waals surface area (Å²) >= 11 is 0. The summed E-state index contributed by atoms with van der Waals surface area (Å²) in [6.45, 7) is 0.915. The highest BCUT2D eigenvalue weighted by Gasteiger charge is 2.35. The lowest BCUT2D eigenvalue weighted by Gasteiger charge is -2.38. The predicted molar refractivity (Wildman–Crippen MR) is 83.8 cm³/mol. The van der Waals surface area contributed by atoms with E-state index in [9.17, 15) is 13.2 Å². The lowest BCUT2D eigenvalue weighted by molar-refractivity contribution is -0.137. The second-order valence-corrected chi connectivity index (χ2v) is 5.65. The number of halogens is 3. The summed E-state index contributed by atoms with van der Waals surface area (Å²) in [4.78, 5) is 1.85. The van der Waals surface area contributed by atoms with Gasteiger partial charge >= 0.3 is 6.18 Å². The second kappa shape index (κ2) is 5.56. The van der Waals surface area contributed by atoms with Crippen molar-refractivity contribution in [3.63, 3.8) is 0 Å². The third-order valence-corrected chi connectivity index (χ3v) is 4.08. The Kier molecular flexibility index (Phi) is 3.49. The van der Waals surface area contributed by atoms with Crippen LogP contribution in [-0.2, 0) is 10.9 Å². The Morgan fingerprint density at radius 3 is 2.54 bits per heavy atom. The van der Waals surface area contributed by atoms with Crippen LogP contribution < -0.4 is 9.64 Å². The van der Waals surface area contributed by atoms with Gasteiger partial charge in [-0.05, 0) is 30.3 Å². The van der Waals surface area contributed by atoms with E-state index in [1.165, 1.54) is 6.07 Å². The third kappa shape index (κ3) is 2.53. The highest BCUT2D eigenvalue weighted by molar-refractivity contribution is 5.79. The summed E-state index contributed by atoms with van der Waals surface area (Å²) in [5, 5.41) is 0. The zero-order chi connectivity index (χ0) is 16.7. The average Bonchev–Trinajstić information content (AvgIpc) is 2.59. The second-order valence-electron chi connectivity index (χ2n) is 5.65. The fraction of sp³-hybridized carbons (Fsp3) is 0.222. The SMILES string of the molecule is FC(F)(F)c1ccc2c(c1)N(C1C=CCOC1)c1ccccc1O2. The molecule has 0 fully saturated rings. The monoisotopic (exact) mass is 333 g/mol. The normalized spacial score (nSPS) is 19.5. The van der Waals surface area contributed by atoms with E-state index in [4.69, 9.17) is 9.47 Å². The first-order valence-corrected chi connectivity index (χ1v) is 7.56. The van der Waals surface area contributed by atoms with E-state index in [-0.39, 0.29) is 6.04 Å². The number of anilines is 2. The van der Waals surface area contributed by atoms with Crippen molar-refractivity contribution >= 4 is 11.4 Å². The number of fused-ring (bicyclic) bond motifs is 2. The van der Waals surface area contributed by atoms with Gasteiger partial charge in [0.1, 0.15) is 0 Å². The predicted octanol–water partition coefficient (Wildman–Crippen LogP) is 4.90. The van der Waals surface area contributed by atoms with Crippen LogP contribution in [0.1, 0.15) is 5.56 Å². The minimum absolute atomic E-state index is 0.189. The summed E-state index contributed by atoms with van der Waals surface area (Å²) in [5.41, 5.74) is 0.420. The Bertz CT molecular complexity index is 801. The minimum atomic E-state index is -4.41. The van der Waals surface area contributed by atoms with E-state index in [0.717, 1.165) is 17.8 Å². The lowest BCUT2D eigenvalue weighted by Crippen LogP contribution is -2.37. The van der Waals surface area contributed by atoms with Gasteiger partial charge in [0.15, 0.2) is 11.5 Å². The highest BCUT2D eigenvalue weighted by atomic mass is 19.4. The molecule has 4 rings (SSSR count). The summed E-state index contributed by atoms with van der Waals surface area (Å²) in [7, 11) is 0. The van der Waals surface area contributed by atoms with Gasteiger partial charge < -0.3 is 14.4 Å². The summed E-state index contributed by atoms with van der Waals surface area (Å²) in [6.07, 6.45) is -0.578. The van der Waals surface area contributed by atoms with E-state index in [0.29, 0.717) is 30.4 Å². The molecule has 0 bridgehead atoms. The van der Waals surface area contributed by atoms with Crippen LogP contribution in [0.2, 0.25) is 0 Å². The number of hydrogen-bond donors (Lipinski definition) is 0. The third-order valence-electron chi connectivity index (χ3n) is 4.08. The van der Waals surface area contributed by atoms with Crippen LogP contribution in [0.25, 0.3) is 0 Å². The van der Waals surface area contributed by atoms with E-state index in [1.807, 2.05) is 35.3 Å². The van der Waals surface area contributed by atoms with Crippen LogP contribution >= 0.6 is 0 Å². The molecular weight excluding hydrogens is 319 g/mol. The van der Waals surface area contributed by atoms with Crippen molar-refractivity contribution < 1.29 is 22.6 Å². The van der Waals surface area contributed by atoms with Crippen LogP contribution in [0.15, 0.2) is 54.6 Å². The quantitative estimate of drug-likeness (QED) is 0.693. The van der Waals surface area contributed by atoms with Gasteiger partial charge in [0.25, 0.3) is 0 Å². The maximum atomic E-state index is 13.1. The molecule has 0 spiro atoms. The smallest absolute Gasteiger partial charge is 0.416 e. The molecule has 0 radical (unpaired) electrons. The van der Waals surface area contributed by atoms with Crippen molar-refractivity contribution in [2.24, 2.45) is 0 Å². The van der Waals surface area contributed by atoms with Crippen molar-refractivity contribution in [1.29, 1.82) is 0 Å². The molecular formula is C18H14F3NO2. The Labute approximate surface area is 136 Å². The molecule has 0 N–H and O–H groups in total. The fourth-order valence-corrected chi connectivity index (χ4v) is 3.00. The molecule has 6 heteroatoms. The first-order chi connectivity index (χ1) is 11.5. The number of hydrogen-bond acceptors (Lipinski definition) is 3. The van der Waals surface area contributed by atoms with Crippen LogP contribution in [-0.4, -0.2) is 19.3 Å². The van der Waals surface area contributed by atoms with Crippen molar-refractivity contribution in [3.05, 3.63) is 60.2 Å². The van der Waals surface area contributed by atoms with E-state index in [1.54, 1.807) is 6.07 Å². The molecule has 2 aliphatic rings. The Hall–Kier alpha value is -2.47. The number of nitrogens with zero attached hydrogens (tertiary/aromatic N) is 1. The van der Waals surface area contributed by atoms with Crippen LogP contribution in [0.5, 0.6) is 11.5 Å². The van der Waals surface area contributed by atoms with Gasteiger partial charge in [-0.1, -0.05) is 24.3 Å². The van der Waals surface area contributed by atoms with Gasteiger partial charge in [0.05, 0.1) is 36.2 Å². The molecule has 2 heterocycles. The van der Waals surface area contributed by atoms with Gasteiger partial charge in [-0.25, -0.2) is 0 Å². The number of rotatable bonds is 1. The molecule has 0 aliphatic carbocycles. The highest BCUT2D eigenvalue weighted by Crippen LogP contribution is 2.49. The molecule has 0 saturated carbocycles. The number of ether oxygens (including phenoxy) is 2. The molecule has 2 aromatic rings. The van der Waals surface area contributed by atoms with Crippen molar-refractivity contribution in [2.45, 2.75) is 12.2 Å². The molecule has 1 unspecified atom stereocenters. The molecule has 124 valence electrons. The number of benzene rings is 2. The van der Waals surface area contributed by atoms with E-state index >= 15 is 0 Å². The standard InChI is InChI=1S/C18H14F3NO2/c19-18(20,21)12-7-8-17-15(10-12)22(13-4-3-9-23-11-13)14-5-1-2-6-16(14)24-17/h1-8,10,13H,9,11H2. The number of para-hydroxylation sites is 2. The van der Waals surface area contributed by atoms with Crippen LogP contribution in [0.4, 0.5) is 24.5 Å². The zero-order valence-corrected chi connectivity index (χ0v) is 12.6. The van der Waals surface area contributed by atoms with Gasteiger partial charge in [0, 0.05) is 0 Å². The van der Waals surface area contributed by atoms with Crippen molar-refractivity contribution in [1.82, 2.24) is 0 Å². The molecule has 24 heavy (non-hydrogen) atoms. The summed E-state index contributed by atoms with van der Waals surface area (Å²) < 4.78 is 50.6. The molecule has 0 amide bonds. The maximum absolute atomic E-state index is 13.1. The summed E-state index contributed by atoms with van der Waals surface area (Å²) in [5.74, 6) is 1.02. The summed E-state index contributed by atoms with van der Waals surface area (Å²) in [6, 6.07) is 10.7. The van der Waals surface area contributed by atoms with E-state index in [2.05, 4.69) is 0 Å². The fourth-order valence-electron chi connectivity index (χ4n) is 3.00. The van der Waals surface area contributed by atoms with Gasteiger partial charge in [0.2, 0.25) is 0 Å². The zero-order valence-electron chi connectivity index (χ0n) is 12.6. The molecule has 1 atom stereocenters. The maximum Gasteiger partial charge on any atom is 0.416 e. The average molecular weight is 333 g/mol. The molecule has 3 nitrogen and oxygen atoms in total. The largest absolute Gasteiger partial charge is 0.453 e. The Morgan fingerprint density at radius 1 is 1.00 bits per heavy atom. The Morgan fingerprint density at radius 2 is 1.79 bits per heavy atom. The molecule has 2 aliphatic heterocycles. The Balaban J connectivity index is 1.88. The van der Waals surface area contributed by atoms with Crippen LogP contribution in [0.3, 0.4) is 0 Å². The first-order valence-electron chi connectivity index (χ1n) is 7.56. The van der Waals surface area contributed by atoms with Crippen molar-refractivity contribution in [3.8, 4) is 11.5 Å². The van der Waals surface area contributed by atoms with Gasteiger partial charge in [-0.3, -0.25) is 0 Å². The first kappa shape index (κ1) is 15.1. The minimum Gasteiger partial charge on any atom is -0.453 e. The van der Waals surface area contributed by atoms with Crippen molar-refractivity contribution in [2.75, 3.05) is 18.1 Å².